The van der Waals surface area contributed by atoms with Crippen LogP contribution in [-0.4, -0.2) is 28.1 Å². The fourth-order valence-electron chi connectivity index (χ4n) is 3.31. The number of carbonyl (C=O) groups excluding carboxylic acids is 1. The van der Waals surface area contributed by atoms with Crippen LogP contribution in [0.3, 0.4) is 0 Å². The summed E-state index contributed by atoms with van der Waals surface area (Å²) in [5.74, 6) is -1.56. The summed E-state index contributed by atoms with van der Waals surface area (Å²) in [6.45, 7) is 0.706. The molecule has 0 saturated carbocycles. The number of hydrogen-bond donors (Lipinski definition) is 0. The first-order chi connectivity index (χ1) is 13.1. The van der Waals surface area contributed by atoms with E-state index in [1.165, 1.54) is 17.8 Å². The molecule has 140 valence electrons. The summed E-state index contributed by atoms with van der Waals surface area (Å²) in [5.41, 5.74) is 0.964. The molecule has 0 N–H and O–H groups in total. The quantitative estimate of drug-likeness (QED) is 0.545. The Labute approximate surface area is 164 Å². The Bertz CT molecular complexity index is 943. The van der Waals surface area contributed by atoms with Gasteiger partial charge >= 0.3 is 0 Å². The minimum atomic E-state index is -0.891. The standard InChI is InChI=1S/C20H18F2N2OS2/c21-14-9-8-13(11-15(14)22)26-12-19(25)24-10-4-3-6-17(24)20-23-16-5-1-2-7-18(16)27-20/h1-2,5,7-9,11,17H,3-4,6,10,12H2. The second kappa shape index (κ2) is 7.94. The lowest BCUT2D eigenvalue weighted by atomic mass is 10.0. The number of nitrogens with zero attached hydrogens (tertiary/aromatic N) is 2. The van der Waals surface area contributed by atoms with Crippen LogP contribution in [0.4, 0.5) is 8.78 Å². The molecule has 1 atom stereocenters. The molecule has 1 aromatic heterocycles. The van der Waals surface area contributed by atoms with Crippen LogP contribution in [0.25, 0.3) is 10.2 Å². The highest BCUT2D eigenvalue weighted by Gasteiger charge is 2.30. The molecular weight excluding hydrogens is 386 g/mol. The Kier molecular flexibility index (Phi) is 5.41. The van der Waals surface area contributed by atoms with Crippen LogP contribution in [0.5, 0.6) is 0 Å². The zero-order valence-corrected chi connectivity index (χ0v) is 16.2. The molecule has 2 aromatic carbocycles. The highest BCUT2D eigenvalue weighted by molar-refractivity contribution is 8.00. The van der Waals surface area contributed by atoms with Crippen LogP contribution in [0, 0.1) is 11.6 Å². The van der Waals surface area contributed by atoms with Gasteiger partial charge in [0.1, 0.15) is 5.01 Å². The lowest BCUT2D eigenvalue weighted by Crippen LogP contribution is -2.39. The lowest BCUT2D eigenvalue weighted by molar-refractivity contribution is -0.132. The smallest absolute Gasteiger partial charge is 0.233 e. The van der Waals surface area contributed by atoms with Crippen molar-refractivity contribution in [2.75, 3.05) is 12.3 Å². The highest BCUT2D eigenvalue weighted by Crippen LogP contribution is 2.36. The summed E-state index contributed by atoms with van der Waals surface area (Å²) in [6.07, 6.45) is 2.95. The highest BCUT2D eigenvalue weighted by atomic mass is 32.2. The molecule has 1 unspecified atom stereocenters. The van der Waals surface area contributed by atoms with Crippen LogP contribution in [0.1, 0.15) is 30.3 Å². The molecule has 4 rings (SSSR count). The monoisotopic (exact) mass is 404 g/mol. The number of amides is 1. The summed E-state index contributed by atoms with van der Waals surface area (Å²) < 4.78 is 27.5. The van der Waals surface area contributed by atoms with Gasteiger partial charge in [0.2, 0.25) is 5.91 Å². The predicted octanol–water partition coefficient (Wildman–Crippen LogP) is 5.42. The van der Waals surface area contributed by atoms with E-state index in [2.05, 4.69) is 0 Å². The number of carbonyl (C=O) groups is 1. The average Bonchev–Trinajstić information content (AvgIpc) is 3.13. The summed E-state index contributed by atoms with van der Waals surface area (Å²) in [4.78, 5) is 20.0. The van der Waals surface area contributed by atoms with Crippen molar-refractivity contribution >= 4 is 39.2 Å². The van der Waals surface area contributed by atoms with Crippen molar-refractivity contribution in [3.63, 3.8) is 0 Å². The van der Waals surface area contributed by atoms with Crippen molar-refractivity contribution in [3.05, 3.63) is 59.1 Å². The first kappa shape index (κ1) is 18.4. The van der Waals surface area contributed by atoms with Crippen LogP contribution in [-0.2, 0) is 4.79 Å². The minimum Gasteiger partial charge on any atom is -0.332 e. The summed E-state index contributed by atoms with van der Waals surface area (Å²) in [6, 6.07) is 11.7. The molecule has 1 fully saturated rings. The largest absolute Gasteiger partial charge is 0.332 e. The maximum Gasteiger partial charge on any atom is 0.233 e. The number of rotatable bonds is 4. The Morgan fingerprint density at radius 2 is 2.04 bits per heavy atom. The summed E-state index contributed by atoms with van der Waals surface area (Å²) in [7, 11) is 0. The second-order valence-corrected chi connectivity index (χ2v) is 8.59. The Morgan fingerprint density at radius 1 is 1.19 bits per heavy atom. The molecule has 3 aromatic rings. The van der Waals surface area contributed by atoms with Gasteiger partial charge in [0, 0.05) is 11.4 Å². The lowest BCUT2D eigenvalue weighted by Gasteiger charge is -2.34. The van der Waals surface area contributed by atoms with Gasteiger partial charge in [0.15, 0.2) is 11.6 Å². The van der Waals surface area contributed by atoms with E-state index in [1.807, 2.05) is 29.2 Å². The first-order valence-corrected chi connectivity index (χ1v) is 10.6. The predicted molar refractivity (Wildman–Crippen MR) is 105 cm³/mol. The molecule has 0 bridgehead atoms. The van der Waals surface area contributed by atoms with Gasteiger partial charge in [0.25, 0.3) is 0 Å². The Balaban J connectivity index is 1.49. The minimum absolute atomic E-state index is 0.00537. The van der Waals surface area contributed by atoms with Crippen molar-refractivity contribution in [1.82, 2.24) is 9.88 Å². The molecule has 0 radical (unpaired) electrons. The third-order valence-corrected chi connectivity index (χ3v) is 6.79. The van der Waals surface area contributed by atoms with Crippen LogP contribution in [0.15, 0.2) is 47.4 Å². The van der Waals surface area contributed by atoms with Crippen LogP contribution in [0.2, 0.25) is 0 Å². The van der Waals surface area contributed by atoms with E-state index < -0.39 is 11.6 Å². The number of halogens is 2. The van der Waals surface area contributed by atoms with Crippen molar-refractivity contribution in [2.45, 2.75) is 30.2 Å². The number of para-hydroxylation sites is 1. The molecule has 1 amide bonds. The van der Waals surface area contributed by atoms with Gasteiger partial charge in [-0.3, -0.25) is 4.79 Å². The van der Waals surface area contributed by atoms with E-state index in [4.69, 9.17) is 4.98 Å². The van der Waals surface area contributed by atoms with Gasteiger partial charge in [-0.05, 0) is 49.6 Å². The molecule has 7 heteroatoms. The molecule has 1 aliphatic heterocycles. The van der Waals surface area contributed by atoms with Crippen molar-refractivity contribution < 1.29 is 13.6 Å². The van der Waals surface area contributed by atoms with E-state index in [0.29, 0.717) is 11.4 Å². The third kappa shape index (κ3) is 3.99. The summed E-state index contributed by atoms with van der Waals surface area (Å²) in [5, 5.41) is 0.974. The number of aromatic nitrogens is 1. The van der Waals surface area contributed by atoms with Gasteiger partial charge in [-0.15, -0.1) is 23.1 Å². The SMILES string of the molecule is O=C(CSc1ccc(F)c(F)c1)N1CCCCC1c1nc2ccccc2s1. The average molecular weight is 405 g/mol. The van der Waals surface area contributed by atoms with E-state index >= 15 is 0 Å². The Hall–Kier alpha value is -1.99. The fraction of sp³-hybridized carbons (Fsp3) is 0.300. The molecule has 27 heavy (non-hydrogen) atoms. The second-order valence-electron chi connectivity index (χ2n) is 6.48. The van der Waals surface area contributed by atoms with Gasteiger partial charge in [-0.2, -0.15) is 0 Å². The first-order valence-electron chi connectivity index (χ1n) is 8.84. The number of hydrogen-bond acceptors (Lipinski definition) is 4. The number of thioether (sulfide) groups is 1. The van der Waals surface area contributed by atoms with Crippen LogP contribution >= 0.6 is 23.1 Å². The van der Waals surface area contributed by atoms with Gasteiger partial charge in [-0.1, -0.05) is 12.1 Å². The third-order valence-electron chi connectivity index (χ3n) is 4.67. The van der Waals surface area contributed by atoms with Crippen molar-refractivity contribution in [1.29, 1.82) is 0 Å². The van der Waals surface area contributed by atoms with E-state index in [1.54, 1.807) is 11.3 Å². The fourth-order valence-corrected chi connectivity index (χ4v) is 5.24. The summed E-state index contributed by atoms with van der Waals surface area (Å²) >= 11 is 2.87. The normalized spacial score (nSPS) is 17.4. The van der Waals surface area contributed by atoms with Crippen LogP contribution < -0.4 is 0 Å². The van der Waals surface area contributed by atoms with Gasteiger partial charge in [0.05, 0.1) is 22.0 Å². The van der Waals surface area contributed by atoms with Gasteiger partial charge < -0.3 is 4.90 Å². The van der Waals surface area contributed by atoms with Gasteiger partial charge in [-0.25, -0.2) is 13.8 Å². The molecular formula is C20H18F2N2OS2. The van der Waals surface area contributed by atoms with Crippen molar-refractivity contribution in [3.8, 4) is 0 Å². The maximum atomic E-state index is 13.4. The molecule has 1 aliphatic rings. The molecule has 1 saturated heterocycles. The number of fused-ring (bicyclic) bond motifs is 1. The molecule has 0 aliphatic carbocycles. The zero-order valence-electron chi connectivity index (χ0n) is 14.5. The van der Waals surface area contributed by atoms with E-state index in [0.717, 1.165) is 46.6 Å². The zero-order chi connectivity index (χ0) is 18.8. The Morgan fingerprint density at radius 3 is 2.85 bits per heavy atom. The van der Waals surface area contributed by atoms with Crippen molar-refractivity contribution in [2.24, 2.45) is 0 Å². The maximum absolute atomic E-state index is 13.4. The number of thiazole rings is 1. The number of benzene rings is 2. The number of piperidine rings is 1. The molecule has 2 heterocycles. The molecule has 0 spiro atoms. The van der Waals surface area contributed by atoms with E-state index in [9.17, 15) is 13.6 Å². The number of likely N-dealkylation sites (tertiary alicyclic amines) is 1. The topological polar surface area (TPSA) is 33.2 Å². The molecule has 3 nitrogen and oxygen atoms in total. The van der Waals surface area contributed by atoms with E-state index in [-0.39, 0.29) is 17.7 Å².